The van der Waals surface area contributed by atoms with E-state index in [1.807, 2.05) is 18.2 Å². The fourth-order valence-electron chi connectivity index (χ4n) is 1.75. The number of benzene rings is 2. The number of aromatic hydroxyl groups is 1. The standard InChI is InChI=1S/C15H16BrNO/c1-11-5-7-12(8-6-11)9-17-10-13-3-2-4-14(16)15(13)18/h2-8,17-18H,9-10H2,1H3. The molecule has 2 aromatic rings. The SMILES string of the molecule is Cc1ccc(CNCc2cccc(Br)c2O)cc1. The second-order valence-corrected chi connectivity index (χ2v) is 5.19. The van der Waals surface area contributed by atoms with E-state index in [0.29, 0.717) is 12.3 Å². The Morgan fingerprint density at radius 1 is 1.06 bits per heavy atom. The number of phenols is 1. The highest BCUT2D eigenvalue weighted by Gasteiger charge is 2.03. The number of para-hydroxylation sites is 1. The highest BCUT2D eigenvalue weighted by Crippen LogP contribution is 2.27. The van der Waals surface area contributed by atoms with Crippen molar-refractivity contribution < 1.29 is 5.11 Å². The van der Waals surface area contributed by atoms with Crippen molar-refractivity contribution in [3.05, 3.63) is 63.6 Å². The van der Waals surface area contributed by atoms with Crippen LogP contribution in [0.4, 0.5) is 0 Å². The van der Waals surface area contributed by atoms with Crippen molar-refractivity contribution in [3.8, 4) is 5.75 Å². The Labute approximate surface area is 116 Å². The third-order valence-electron chi connectivity index (χ3n) is 2.84. The molecule has 0 spiro atoms. The quantitative estimate of drug-likeness (QED) is 0.901. The summed E-state index contributed by atoms with van der Waals surface area (Å²) in [6, 6.07) is 14.1. The summed E-state index contributed by atoms with van der Waals surface area (Å²) < 4.78 is 0.733. The van der Waals surface area contributed by atoms with E-state index in [1.54, 1.807) is 0 Å². The van der Waals surface area contributed by atoms with Crippen molar-refractivity contribution >= 4 is 15.9 Å². The number of hydrogen-bond donors (Lipinski definition) is 2. The average Bonchev–Trinajstić information content (AvgIpc) is 2.37. The normalized spacial score (nSPS) is 10.6. The Hall–Kier alpha value is -1.32. The van der Waals surface area contributed by atoms with Gasteiger partial charge in [0.05, 0.1) is 4.47 Å². The second kappa shape index (κ2) is 6.03. The maximum absolute atomic E-state index is 9.84. The van der Waals surface area contributed by atoms with Crippen molar-refractivity contribution in [1.82, 2.24) is 5.32 Å². The van der Waals surface area contributed by atoms with Gasteiger partial charge in [-0.1, -0.05) is 42.0 Å². The minimum absolute atomic E-state index is 0.314. The monoisotopic (exact) mass is 305 g/mol. The second-order valence-electron chi connectivity index (χ2n) is 4.34. The predicted molar refractivity (Wildman–Crippen MR) is 77.5 cm³/mol. The molecule has 0 aliphatic rings. The van der Waals surface area contributed by atoms with Gasteiger partial charge in [-0.3, -0.25) is 0 Å². The minimum Gasteiger partial charge on any atom is -0.506 e. The fraction of sp³-hybridized carbons (Fsp3) is 0.200. The van der Waals surface area contributed by atoms with Crippen LogP contribution >= 0.6 is 15.9 Å². The van der Waals surface area contributed by atoms with Crippen molar-refractivity contribution in [2.45, 2.75) is 20.0 Å². The molecule has 94 valence electrons. The van der Waals surface area contributed by atoms with Crippen molar-refractivity contribution in [1.29, 1.82) is 0 Å². The van der Waals surface area contributed by atoms with Crippen LogP contribution in [0.25, 0.3) is 0 Å². The van der Waals surface area contributed by atoms with Gasteiger partial charge < -0.3 is 10.4 Å². The van der Waals surface area contributed by atoms with E-state index in [4.69, 9.17) is 0 Å². The van der Waals surface area contributed by atoms with Gasteiger partial charge in [0.15, 0.2) is 0 Å². The van der Waals surface area contributed by atoms with Crippen LogP contribution in [0.15, 0.2) is 46.9 Å². The molecule has 2 aromatic carbocycles. The van der Waals surface area contributed by atoms with Gasteiger partial charge in [-0.2, -0.15) is 0 Å². The van der Waals surface area contributed by atoms with Crippen LogP contribution in [-0.2, 0) is 13.1 Å². The number of phenolic OH excluding ortho intramolecular Hbond substituents is 1. The van der Waals surface area contributed by atoms with Gasteiger partial charge in [0.25, 0.3) is 0 Å². The molecule has 0 aliphatic carbocycles. The Morgan fingerprint density at radius 3 is 2.50 bits per heavy atom. The van der Waals surface area contributed by atoms with Gasteiger partial charge in [-0.15, -0.1) is 0 Å². The number of aryl methyl sites for hydroxylation is 1. The molecule has 0 saturated heterocycles. The van der Waals surface area contributed by atoms with E-state index in [1.165, 1.54) is 11.1 Å². The van der Waals surface area contributed by atoms with Gasteiger partial charge in [-0.05, 0) is 34.5 Å². The van der Waals surface area contributed by atoms with E-state index < -0.39 is 0 Å². The van der Waals surface area contributed by atoms with E-state index in [9.17, 15) is 5.11 Å². The van der Waals surface area contributed by atoms with Gasteiger partial charge in [0.2, 0.25) is 0 Å². The Bertz CT molecular complexity index is 523. The van der Waals surface area contributed by atoms with Crippen LogP contribution < -0.4 is 5.32 Å². The molecule has 0 amide bonds. The first kappa shape index (κ1) is 13.1. The van der Waals surface area contributed by atoms with Crippen LogP contribution in [0.5, 0.6) is 5.75 Å². The van der Waals surface area contributed by atoms with Crippen molar-refractivity contribution in [2.75, 3.05) is 0 Å². The highest BCUT2D eigenvalue weighted by atomic mass is 79.9. The van der Waals surface area contributed by atoms with Crippen LogP contribution in [0, 0.1) is 6.92 Å². The summed E-state index contributed by atoms with van der Waals surface area (Å²) in [4.78, 5) is 0. The van der Waals surface area contributed by atoms with Gasteiger partial charge in [0.1, 0.15) is 5.75 Å². The molecule has 0 unspecified atom stereocenters. The maximum atomic E-state index is 9.84. The van der Waals surface area contributed by atoms with Crippen molar-refractivity contribution in [2.24, 2.45) is 0 Å². The third-order valence-corrected chi connectivity index (χ3v) is 3.48. The summed E-state index contributed by atoms with van der Waals surface area (Å²) in [7, 11) is 0. The van der Waals surface area contributed by atoms with Crippen LogP contribution in [0.3, 0.4) is 0 Å². The lowest BCUT2D eigenvalue weighted by atomic mass is 10.1. The van der Waals surface area contributed by atoms with E-state index in [0.717, 1.165) is 16.6 Å². The van der Waals surface area contributed by atoms with E-state index in [-0.39, 0.29) is 0 Å². The molecule has 0 fully saturated rings. The molecule has 2 nitrogen and oxygen atoms in total. The summed E-state index contributed by atoms with van der Waals surface area (Å²) in [6.45, 7) is 3.53. The first-order chi connectivity index (χ1) is 8.66. The Morgan fingerprint density at radius 2 is 1.78 bits per heavy atom. The molecule has 3 heteroatoms. The van der Waals surface area contributed by atoms with E-state index >= 15 is 0 Å². The molecule has 2 N–H and O–H groups in total. The first-order valence-corrected chi connectivity index (χ1v) is 6.69. The zero-order chi connectivity index (χ0) is 13.0. The number of hydrogen-bond acceptors (Lipinski definition) is 2. The molecule has 0 bridgehead atoms. The highest BCUT2D eigenvalue weighted by molar-refractivity contribution is 9.10. The van der Waals surface area contributed by atoms with Crippen LogP contribution in [0.2, 0.25) is 0 Å². The zero-order valence-electron chi connectivity index (χ0n) is 10.3. The van der Waals surface area contributed by atoms with Crippen LogP contribution in [-0.4, -0.2) is 5.11 Å². The third kappa shape index (κ3) is 3.34. The first-order valence-electron chi connectivity index (χ1n) is 5.89. The molecule has 0 aliphatic heterocycles. The summed E-state index contributed by atoms with van der Waals surface area (Å²) in [5.41, 5.74) is 3.41. The van der Waals surface area contributed by atoms with E-state index in [2.05, 4.69) is 52.4 Å². The zero-order valence-corrected chi connectivity index (χ0v) is 11.9. The summed E-state index contributed by atoms with van der Waals surface area (Å²) in [5, 5.41) is 13.2. The minimum atomic E-state index is 0.314. The van der Waals surface area contributed by atoms with Gasteiger partial charge >= 0.3 is 0 Å². The summed E-state index contributed by atoms with van der Waals surface area (Å²) >= 11 is 3.31. The largest absolute Gasteiger partial charge is 0.506 e. The van der Waals surface area contributed by atoms with Gasteiger partial charge in [0, 0.05) is 18.7 Å². The van der Waals surface area contributed by atoms with Crippen LogP contribution in [0.1, 0.15) is 16.7 Å². The lowest BCUT2D eigenvalue weighted by molar-refractivity contribution is 0.461. The molecule has 0 radical (unpaired) electrons. The number of rotatable bonds is 4. The smallest absolute Gasteiger partial charge is 0.134 e. The predicted octanol–water partition coefficient (Wildman–Crippen LogP) is 3.75. The number of halogens is 1. The fourth-order valence-corrected chi connectivity index (χ4v) is 2.16. The molecule has 0 saturated carbocycles. The average molecular weight is 306 g/mol. The van der Waals surface area contributed by atoms with Crippen molar-refractivity contribution in [3.63, 3.8) is 0 Å². The molecule has 0 aromatic heterocycles. The molecule has 0 atom stereocenters. The molecular weight excluding hydrogens is 290 g/mol. The lowest BCUT2D eigenvalue weighted by Gasteiger charge is -2.08. The summed E-state index contributed by atoms with van der Waals surface area (Å²) in [5.74, 6) is 0.314. The molecular formula is C15H16BrNO. The molecule has 2 rings (SSSR count). The maximum Gasteiger partial charge on any atom is 0.134 e. The van der Waals surface area contributed by atoms with Gasteiger partial charge in [-0.25, -0.2) is 0 Å². The Balaban J connectivity index is 1.92. The summed E-state index contributed by atoms with van der Waals surface area (Å²) in [6.07, 6.45) is 0. The lowest BCUT2D eigenvalue weighted by Crippen LogP contribution is -2.12. The molecule has 0 heterocycles. The topological polar surface area (TPSA) is 32.3 Å². The number of nitrogens with one attached hydrogen (secondary N) is 1. The Kier molecular flexibility index (Phi) is 4.39. The molecule has 18 heavy (non-hydrogen) atoms.